The Morgan fingerprint density at radius 2 is 1.96 bits per heavy atom. The van der Waals surface area contributed by atoms with Gasteiger partial charge in [0.2, 0.25) is 5.60 Å². The molecule has 1 aliphatic carbocycles. The van der Waals surface area contributed by atoms with E-state index in [4.69, 9.17) is 0 Å². The van der Waals surface area contributed by atoms with Crippen molar-refractivity contribution in [3.05, 3.63) is 24.0 Å². The Balaban J connectivity index is 2.50. The summed E-state index contributed by atoms with van der Waals surface area (Å²) >= 11 is 0. The van der Waals surface area contributed by atoms with Gasteiger partial charge in [-0.1, -0.05) is 57.6 Å². The van der Waals surface area contributed by atoms with Crippen LogP contribution in [0.25, 0.3) is 0 Å². The molecule has 0 aromatic rings. The molecule has 3 N–H and O–H groups in total. The third kappa shape index (κ3) is 7.59. The van der Waals surface area contributed by atoms with Crippen LogP contribution < -0.4 is 0 Å². The van der Waals surface area contributed by atoms with E-state index in [1.54, 1.807) is 0 Å². The SMILES string of the molecule is CCCCC(F)C/C=C(/O)[C@](O)(CC/C=C\CC1CCCC1)C(=O)O. The van der Waals surface area contributed by atoms with E-state index >= 15 is 0 Å². The van der Waals surface area contributed by atoms with Crippen LogP contribution in [-0.4, -0.2) is 33.1 Å². The van der Waals surface area contributed by atoms with Gasteiger partial charge in [0, 0.05) is 6.42 Å². The summed E-state index contributed by atoms with van der Waals surface area (Å²) in [6.45, 7) is 1.96. The lowest BCUT2D eigenvalue weighted by Crippen LogP contribution is -2.40. The summed E-state index contributed by atoms with van der Waals surface area (Å²) in [6.07, 6.45) is 12.0. The van der Waals surface area contributed by atoms with E-state index < -0.39 is 23.5 Å². The van der Waals surface area contributed by atoms with Gasteiger partial charge in [0.1, 0.15) is 11.9 Å². The minimum atomic E-state index is -2.35. The number of halogens is 1. The molecule has 0 amide bonds. The number of carboxylic acid groups (broad SMARTS) is 1. The minimum absolute atomic E-state index is 0.0844. The Bertz CT molecular complexity index is 455. The van der Waals surface area contributed by atoms with Crippen molar-refractivity contribution in [1.29, 1.82) is 0 Å². The van der Waals surface area contributed by atoms with Crippen LogP contribution in [0.3, 0.4) is 0 Å². The van der Waals surface area contributed by atoms with Gasteiger partial charge in [-0.05, 0) is 37.7 Å². The highest BCUT2D eigenvalue weighted by Gasteiger charge is 2.39. The van der Waals surface area contributed by atoms with Crippen LogP contribution in [0.2, 0.25) is 0 Å². The molecule has 4 nitrogen and oxygen atoms in total. The fourth-order valence-electron chi connectivity index (χ4n) is 3.24. The molecular formula is C20H33FO4. The highest BCUT2D eigenvalue weighted by atomic mass is 19.1. The number of carbonyl (C=O) groups is 1. The highest BCUT2D eigenvalue weighted by Crippen LogP contribution is 2.28. The number of rotatable bonds is 12. The van der Waals surface area contributed by atoms with Gasteiger partial charge in [0.25, 0.3) is 0 Å². The monoisotopic (exact) mass is 356 g/mol. The number of alkyl halides is 1. The molecule has 1 fully saturated rings. The molecule has 1 aliphatic rings. The van der Waals surface area contributed by atoms with Gasteiger partial charge < -0.3 is 15.3 Å². The molecule has 5 heteroatoms. The zero-order chi connectivity index (χ0) is 18.7. The van der Waals surface area contributed by atoms with Crippen molar-refractivity contribution in [1.82, 2.24) is 0 Å². The van der Waals surface area contributed by atoms with Crippen molar-refractivity contribution in [3.63, 3.8) is 0 Å². The Labute approximate surface area is 150 Å². The summed E-state index contributed by atoms with van der Waals surface area (Å²) in [4.78, 5) is 11.4. The largest absolute Gasteiger partial charge is 0.509 e. The zero-order valence-corrected chi connectivity index (χ0v) is 15.3. The van der Waals surface area contributed by atoms with Crippen LogP contribution in [0.4, 0.5) is 4.39 Å². The van der Waals surface area contributed by atoms with Crippen molar-refractivity contribution in [2.45, 2.75) is 89.3 Å². The van der Waals surface area contributed by atoms with Gasteiger partial charge >= 0.3 is 5.97 Å². The summed E-state index contributed by atoms with van der Waals surface area (Å²) in [6, 6.07) is 0. The number of unbranched alkanes of at least 4 members (excludes halogenated alkanes) is 1. The van der Waals surface area contributed by atoms with Gasteiger partial charge in [0.05, 0.1) is 0 Å². The van der Waals surface area contributed by atoms with Crippen molar-refractivity contribution >= 4 is 5.97 Å². The molecule has 0 spiro atoms. The van der Waals surface area contributed by atoms with Crippen LogP contribution >= 0.6 is 0 Å². The summed E-state index contributed by atoms with van der Waals surface area (Å²) < 4.78 is 13.6. The Hall–Kier alpha value is -1.36. The Morgan fingerprint density at radius 3 is 2.56 bits per heavy atom. The fourth-order valence-corrected chi connectivity index (χ4v) is 3.24. The molecule has 0 aliphatic heterocycles. The van der Waals surface area contributed by atoms with Crippen LogP contribution in [0.1, 0.15) is 77.6 Å². The van der Waals surface area contributed by atoms with E-state index in [9.17, 15) is 24.5 Å². The third-order valence-corrected chi connectivity index (χ3v) is 5.00. The first-order valence-electron chi connectivity index (χ1n) is 9.54. The van der Waals surface area contributed by atoms with Crippen molar-refractivity contribution < 1.29 is 24.5 Å². The number of hydrogen-bond donors (Lipinski definition) is 3. The number of carboxylic acids is 1. The van der Waals surface area contributed by atoms with Gasteiger partial charge in [-0.15, -0.1) is 0 Å². The topological polar surface area (TPSA) is 77.8 Å². The molecule has 25 heavy (non-hydrogen) atoms. The molecule has 0 bridgehead atoms. The zero-order valence-electron chi connectivity index (χ0n) is 15.3. The molecule has 1 rings (SSSR count). The van der Waals surface area contributed by atoms with Crippen molar-refractivity contribution in [2.75, 3.05) is 0 Å². The lowest BCUT2D eigenvalue weighted by Gasteiger charge is -2.22. The molecule has 0 radical (unpaired) electrons. The van der Waals surface area contributed by atoms with Gasteiger partial charge in [0.15, 0.2) is 0 Å². The predicted molar refractivity (Wildman–Crippen MR) is 97.3 cm³/mol. The second-order valence-electron chi connectivity index (χ2n) is 7.13. The molecule has 2 atom stereocenters. The van der Waals surface area contributed by atoms with E-state index in [1.807, 2.05) is 19.1 Å². The molecular weight excluding hydrogens is 323 g/mol. The van der Waals surface area contributed by atoms with Crippen LogP contribution in [0.5, 0.6) is 0 Å². The average molecular weight is 356 g/mol. The van der Waals surface area contributed by atoms with Crippen LogP contribution in [0.15, 0.2) is 24.0 Å². The molecule has 0 aromatic carbocycles. The lowest BCUT2D eigenvalue weighted by atomic mass is 9.93. The maximum Gasteiger partial charge on any atom is 0.343 e. The normalized spacial score (nSPS) is 20.0. The van der Waals surface area contributed by atoms with E-state index in [0.29, 0.717) is 18.8 Å². The smallest absolute Gasteiger partial charge is 0.343 e. The standard InChI is InChI=1S/C20H33FO4/c1-2-3-12-17(21)13-14-18(22)20(25,19(23)24)15-8-4-5-9-16-10-6-7-11-16/h4-5,14,16-17,22,25H,2-3,6-13,15H2,1H3,(H,23,24)/b5-4-,18-14+/t17?,20-/m1/s1. The van der Waals surface area contributed by atoms with Crippen LogP contribution in [0, 0.1) is 5.92 Å². The molecule has 1 unspecified atom stereocenters. The summed E-state index contributed by atoms with van der Waals surface area (Å²) in [5, 5.41) is 29.5. The minimum Gasteiger partial charge on any atom is -0.509 e. The molecule has 0 heterocycles. The Morgan fingerprint density at radius 1 is 1.28 bits per heavy atom. The maximum atomic E-state index is 13.6. The van der Waals surface area contributed by atoms with Gasteiger partial charge in [-0.3, -0.25) is 0 Å². The lowest BCUT2D eigenvalue weighted by molar-refractivity contribution is -0.157. The number of aliphatic hydroxyl groups excluding tert-OH is 1. The summed E-state index contributed by atoms with van der Waals surface area (Å²) in [5.41, 5.74) is -2.35. The first-order valence-corrected chi connectivity index (χ1v) is 9.54. The summed E-state index contributed by atoms with van der Waals surface area (Å²) in [5.74, 6) is -1.45. The van der Waals surface area contributed by atoms with Crippen LogP contribution in [-0.2, 0) is 4.79 Å². The average Bonchev–Trinajstić information content (AvgIpc) is 3.10. The maximum absolute atomic E-state index is 13.6. The quantitative estimate of drug-likeness (QED) is 0.337. The molecule has 144 valence electrons. The number of allylic oxidation sites excluding steroid dienone is 3. The van der Waals surface area contributed by atoms with E-state index in [1.165, 1.54) is 25.7 Å². The van der Waals surface area contributed by atoms with E-state index in [-0.39, 0.29) is 12.8 Å². The number of hydrogen-bond acceptors (Lipinski definition) is 3. The molecule has 0 aromatic heterocycles. The summed E-state index contributed by atoms with van der Waals surface area (Å²) in [7, 11) is 0. The second-order valence-corrected chi connectivity index (χ2v) is 7.13. The third-order valence-electron chi connectivity index (χ3n) is 5.00. The first kappa shape index (κ1) is 21.7. The van der Waals surface area contributed by atoms with Gasteiger partial charge in [-0.2, -0.15) is 0 Å². The number of aliphatic carboxylic acids is 1. The number of aliphatic hydroxyl groups is 2. The molecule has 1 saturated carbocycles. The Kier molecular flexibility index (Phi) is 9.79. The molecule has 0 saturated heterocycles. The fraction of sp³-hybridized carbons (Fsp3) is 0.750. The van der Waals surface area contributed by atoms with Gasteiger partial charge in [-0.25, -0.2) is 9.18 Å². The predicted octanol–water partition coefficient (Wildman–Crippen LogP) is 5.08. The van der Waals surface area contributed by atoms with Crippen molar-refractivity contribution in [3.8, 4) is 0 Å². The first-order chi connectivity index (χ1) is 11.9. The van der Waals surface area contributed by atoms with E-state index in [0.717, 1.165) is 25.3 Å². The second kappa shape index (κ2) is 11.3. The van der Waals surface area contributed by atoms with E-state index in [2.05, 4.69) is 0 Å². The highest BCUT2D eigenvalue weighted by molar-refractivity contribution is 5.80. The van der Waals surface area contributed by atoms with Crippen molar-refractivity contribution in [2.24, 2.45) is 5.92 Å².